The number of H-pyrrole nitrogens is 5. The Morgan fingerprint density at radius 3 is 1.51 bits per heavy atom. The summed E-state index contributed by atoms with van der Waals surface area (Å²) in [6.45, 7) is 5.18. The van der Waals surface area contributed by atoms with Gasteiger partial charge in [0.25, 0.3) is 23.3 Å². The maximum absolute atomic E-state index is 13.0. The van der Waals surface area contributed by atoms with E-state index < -0.39 is 47.3 Å². The minimum atomic E-state index is -1.39. The van der Waals surface area contributed by atoms with Crippen LogP contribution in [0.15, 0.2) is 72.2 Å². The largest absolute Gasteiger partial charge is 0.515 e. The first-order chi connectivity index (χ1) is 55.8. The van der Waals surface area contributed by atoms with E-state index in [1.807, 2.05) is 18.6 Å². The van der Waals surface area contributed by atoms with Gasteiger partial charge in [0.15, 0.2) is 17.3 Å². The van der Waals surface area contributed by atoms with Gasteiger partial charge < -0.3 is 74.1 Å². The summed E-state index contributed by atoms with van der Waals surface area (Å²) >= 11 is 0. The highest BCUT2D eigenvalue weighted by molar-refractivity contribution is 6.43. The van der Waals surface area contributed by atoms with Crippen LogP contribution in [0, 0.1) is 5.92 Å². The molecule has 6 aromatic rings. The van der Waals surface area contributed by atoms with Crippen LogP contribution in [0.2, 0.25) is 0 Å². The number of nitrogens with zero attached hydrogens (tertiary/aromatic N) is 2. The standard InChI is InChI=1S/C25H31N3O5.C12H15NO3.C10H11NO3.C10H15NO3.C10H13NO2.C8H11N.C7H10O2.C6H10O/c29-23(16-7-8-20-21(13-16)33-12-11-32-20)19(15-28-9-3-4-10-28)27-25(31)24(30)22-18-6-2-1-5-17(18)14-26-22;1-2-16-12(15)11(14)10-9-6-4-3-5-8(9)7-13-10;12-9(10(13)14)8-7-4-2-1-3-6(7)5-11-8;1-14-10(13)7-11-6-8-4-2-3-5-9(8)12;1-13-10(12)9-8-5-3-2-4-7(8)6-11-9;1-2-4-8-6-9-5-7(8)3-1;8-5-6-3-1-2-4-7(6)9;7-6-4-2-1-3-5-6/h7-8,13-14,19,23,26,29H,1-6,9-12,15H2,(H,27,31);7,13H,2-6H2,1H3;5,11H,1-4H2,(H,13,14);6,8H,2-5,7H2,1H3;6,11H,2-5H2,1H3;5-6,9H,1-4H2;5,8H,1-4H2;1-5H2/b;;;;;;6-5-;/t19-,23-;;;;;;;/m1......./s1. The Morgan fingerprint density at radius 1 is 0.548 bits per heavy atom. The number of likely N-dealkylation sites (tertiary alicyclic amines) is 1. The minimum Gasteiger partial charge on any atom is -0.515 e. The number of carbonyl (C=O) groups excluding carboxylic acids is 10. The molecule has 4 fully saturated rings. The summed E-state index contributed by atoms with van der Waals surface area (Å²) in [7, 11) is 2.74. The smallest absolute Gasteiger partial charge is 0.381 e. The highest BCUT2D eigenvalue weighted by atomic mass is 16.6. The molecule has 622 valence electrons. The minimum absolute atomic E-state index is 0.0142. The maximum Gasteiger partial charge on any atom is 0.381 e. The number of carboxylic acid groups (broad SMARTS) is 1. The molecule has 115 heavy (non-hydrogen) atoms. The van der Waals surface area contributed by atoms with E-state index in [2.05, 4.69) is 57.3 Å². The van der Waals surface area contributed by atoms with E-state index in [-0.39, 0.29) is 48.3 Å². The van der Waals surface area contributed by atoms with Crippen molar-refractivity contribution in [1.82, 2.24) is 35.1 Å². The van der Waals surface area contributed by atoms with Crippen LogP contribution < -0.4 is 14.8 Å². The molecule has 10 aliphatic rings. The first-order valence-electron chi connectivity index (χ1n) is 41.4. The summed E-state index contributed by atoms with van der Waals surface area (Å²) < 4.78 is 25.1. The second kappa shape index (κ2) is 46.3. The lowest BCUT2D eigenvalue weighted by atomic mass is 9.89. The average Bonchev–Trinajstić information content (AvgIpc) is 1.80. The van der Waals surface area contributed by atoms with Crippen LogP contribution in [0.4, 0.5) is 0 Å². The first kappa shape index (κ1) is 88.7. The van der Waals surface area contributed by atoms with Crippen molar-refractivity contribution in [3.63, 3.8) is 0 Å². The van der Waals surface area contributed by atoms with Crippen LogP contribution in [0.3, 0.4) is 0 Å². The Labute approximate surface area is 672 Å². The number of aliphatic imine (C=N–C) groups is 1. The summed E-state index contributed by atoms with van der Waals surface area (Å²) in [4.78, 5) is 146. The topological polar surface area (TPSA) is 401 Å². The average molecular weight is 1590 g/mol. The van der Waals surface area contributed by atoms with Crippen molar-refractivity contribution in [2.24, 2.45) is 10.9 Å². The number of aromatic amines is 5. The van der Waals surface area contributed by atoms with E-state index in [0.717, 1.165) is 220 Å². The molecule has 3 atom stereocenters. The summed E-state index contributed by atoms with van der Waals surface area (Å²) in [5.41, 5.74) is 14.7. The molecule has 1 amide bonds. The van der Waals surface area contributed by atoms with Gasteiger partial charge in [0.2, 0.25) is 0 Å². The van der Waals surface area contributed by atoms with Crippen molar-refractivity contribution in [2.75, 3.05) is 60.2 Å². The highest BCUT2D eigenvalue weighted by Crippen LogP contribution is 2.35. The molecular formula is C88H116N8O19. The number of aryl methyl sites for hydroxylation is 6. The second-order valence-corrected chi connectivity index (χ2v) is 30.4. The zero-order chi connectivity index (χ0) is 82.0. The molecule has 3 saturated carbocycles. The molecule has 7 heterocycles. The van der Waals surface area contributed by atoms with Gasteiger partial charge in [-0.3, -0.25) is 43.3 Å². The fraction of sp³-hybridized carbons (Fsp3) is 0.545. The van der Waals surface area contributed by atoms with Crippen LogP contribution in [0.5, 0.6) is 11.5 Å². The van der Waals surface area contributed by atoms with Gasteiger partial charge in [-0.1, -0.05) is 18.9 Å². The predicted octanol–water partition coefficient (Wildman–Crippen LogP) is 12.6. The third-order valence-corrected chi connectivity index (χ3v) is 22.4. The quantitative estimate of drug-likeness (QED) is 0.00826. The number of amides is 1. The summed E-state index contributed by atoms with van der Waals surface area (Å²) in [6.07, 6.45) is 49.3. The molecule has 0 radical (unpaired) electrons. The number of hydrogen-bond acceptors (Lipinski definition) is 20. The number of benzene rings is 1. The monoisotopic (exact) mass is 1590 g/mol. The third kappa shape index (κ3) is 26.1. The number of fused-ring (bicyclic) bond motifs is 6. The van der Waals surface area contributed by atoms with Gasteiger partial charge in [0.1, 0.15) is 43.1 Å². The number of hydrogen-bond donors (Lipinski definition) is 9. The molecule has 27 heteroatoms. The maximum atomic E-state index is 13.0. The van der Waals surface area contributed by atoms with Crippen molar-refractivity contribution in [3.05, 3.63) is 151 Å². The van der Waals surface area contributed by atoms with Crippen molar-refractivity contribution in [3.8, 4) is 11.5 Å². The number of ketones is 6. The molecule has 1 unspecified atom stereocenters. The van der Waals surface area contributed by atoms with Gasteiger partial charge in [-0.05, 0) is 280 Å². The lowest BCUT2D eigenvalue weighted by Crippen LogP contribution is -2.48. The van der Waals surface area contributed by atoms with Gasteiger partial charge in [-0.25, -0.2) is 14.4 Å². The Balaban J connectivity index is 0.000000159. The Hall–Kier alpha value is -10.3. The Morgan fingerprint density at radius 2 is 1.03 bits per heavy atom. The third-order valence-electron chi connectivity index (χ3n) is 22.4. The number of ether oxygens (including phenoxy) is 5. The second-order valence-electron chi connectivity index (χ2n) is 30.4. The Kier molecular flexibility index (Phi) is 35.7. The van der Waals surface area contributed by atoms with Gasteiger partial charge in [-0.2, -0.15) is 0 Å². The van der Waals surface area contributed by atoms with Crippen LogP contribution >= 0.6 is 0 Å². The number of aliphatic carboxylic acids is 1. The van der Waals surface area contributed by atoms with E-state index >= 15 is 0 Å². The van der Waals surface area contributed by atoms with E-state index in [0.29, 0.717) is 78.1 Å². The van der Waals surface area contributed by atoms with Crippen LogP contribution in [-0.2, 0) is 112 Å². The lowest BCUT2D eigenvalue weighted by molar-refractivity contribution is -0.139. The summed E-state index contributed by atoms with van der Waals surface area (Å²) in [6, 6.07) is 4.68. The van der Waals surface area contributed by atoms with E-state index in [9.17, 15) is 57.8 Å². The fourth-order valence-corrected chi connectivity index (χ4v) is 16.1. The number of esters is 3. The van der Waals surface area contributed by atoms with Crippen LogP contribution in [-0.4, -0.2) is 182 Å². The zero-order valence-corrected chi connectivity index (χ0v) is 67.0. The number of carboxylic acids is 1. The van der Waals surface area contributed by atoms with Crippen molar-refractivity contribution >= 4 is 70.7 Å². The molecule has 9 N–H and O–H groups in total. The number of aliphatic hydroxyl groups excluding tert-OH is 2. The lowest BCUT2D eigenvalue weighted by Gasteiger charge is -2.29. The van der Waals surface area contributed by atoms with Crippen LogP contribution in [0.1, 0.15) is 277 Å². The van der Waals surface area contributed by atoms with Crippen molar-refractivity contribution in [2.45, 2.75) is 244 Å². The normalized spacial score (nSPS) is 18.6. The van der Waals surface area contributed by atoms with Gasteiger partial charge >= 0.3 is 23.9 Å². The van der Waals surface area contributed by atoms with Crippen molar-refractivity contribution in [1.29, 1.82) is 0 Å². The molecule has 27 nitrogen and oxygen atoms in total. The highest BCUT2D eigenvalue weighted by Gasteiger charge is 2.33. The van der Waals surface area contributed by atoms with Gasteiger partial charge in [0, 0.05) is 81.2 Å². The number of aliphatic hydroxyl groups is 2. The van der Waals surface area contributed by atoms with Gasteiger partial charge in [0.05, 0.1) is 56.1 Å². The fourth-order valence-electron chi connectivity index (χ4n) is 16.1. The molecule has 1 saturated heterocycles. The molecule has 16 rings (SSSR count). The van der Waals surface area contributed by atoms with E-state index in [1.165, 1.54) is 70.3 Å². The number of Topliss-reactive ketones (excluding diaryl/α,β-unsaturated/α-hetero) is 6. The first-order valence-corrected chi connectivity index (χ1v) is 41.4. The molecular weight excluding hydrogens is 1470 g/mol. The predicted molar refractivity (Wildman–Crippen MR) is 430 cm³/mol. The molecule has 1 aromatic carbocycles. The number of aromatic nitrogens is 5. The number of rotatable bonds is 16. The SMILES string of the molecule is CCOC(=O)C(=O)c1[nH]cc2c1CCCC2.COC(=O)CN=CC1CCCCC1=O.COC(=O)c1[nH]cc2c1CCCC2.O=C(N[C@H](CN1CCCC1)[C@H](O)c1ccc2c(c1)OCCO2)C(=O)c1[nH]cc2c1CCCC2.O=C(O)C(=O)c1[nH]cc2c1CCCC2.O=C1CCCC/C1=C/O.O=C1CCCCC1.c1[nH]cc2c1CCCC2. The molecule has 8 aliphatic carbocycles. The molecule has 0 spiro atoms. The number of methoxy groups -OCH3 is 2. The molecule has 5 aromatic heterocycles. The summed E-state index contributed by atoms with van der Waals surface area (Å²) in [5, 5.41) is 31.1. The van der Waals surface area contributed by atoms with E-state index in [1.54, 1.807) is 48.7 Å². The molecule has 2 aliphatic heterocycles. The molecule has 0 bridgehead atoms. The van der Waals surface area contributed by atoms with Gasteiger partial charge in [-0.15, -0.1) is 0 Å². The number of allylic oxidation sites excluding steroid dienone is 1. The number of carbonyl (C=O) groups is 11. The van der Waals surface area contributed by atoms with Crippen LogP contribution in [0.25, 0.3) is 0 Å². The summed E-state index contributed by atoms with van der Waals surface area (Å²) in [5.74, 6) is -3.44. The van der Waals surface area contributed by atoms with E-state index in [4.69, 9.17) is 29.2 Å². The number of nitrogens with one attached hydrogen (secondary N) is 6. The zero-order valence-electron chi connectivity index (χ0n) is 67.0. The Bertz CT molecular complexity index is 4320. The van der Waals surface area contributed by atoms with Crippen molar-refractivity contribution < 1.29 is 91.7 Å².